The van der Waals surface area contributed by atoms with Gasteiger partial charge in [-0.2, -0.15) is 0 Å². The molecule has 0 aliphatic rings. The van der Waals surface area contributed by atoms with Gasteiger partial charge in [-0.25, -0.2) is 0 Å². The van der Waals surface area contributed by atoms with E-state index in [9.17, 15) is 14.4 Å². The molecule has 0 aliphatic carbocycles. The Bertz CT molecular complexity index is 551. The number of carboxylic acids is 1. The van der Waals surface area contributed by atoms with Crippen molar-refractivity contribution >= 4 is 46.8 Å². The number of amides is 2. The first kappa shape index (κ1) is 17.3. The Hall–Kier alpha value is -1.73. The van der Waals surface area contributed by atoms with Crippen LogP contribution in [0, 0.1) is 0 Å². The van der Waals surface area contributed by atoms with Gasteiger partial charge >= 0.3 is 5.97 Å². The minimum absolute atomic E-state index is 0.00531. The van der Waals surface area contributed by atoms with Crippen molar-refractivity contribution in [2.45, 2.75) is 6.92 Å². The SMILES string of the molecule is CC(=O)Nc1ccc(Cl)c(C(=O)NCCSCC(=O)O)c1. The molecule has 2 amide bonds. The van der Waals surface area contributed by atoms with E-state index in [1.807, 2.05) is 0 Å². The quantitative estimate of drug-likeness (QED) is 0.663. The zero-order valence-corrected chi connectivity index (χ0v) is 12.9. The van der Waals surface area contributed by atoms with Crippen molar-refractivity contribution in [2.24, 2.45) is 0 Å². The van der Waals surface area contributed by atoms with Crippen molar-refractivity contribution < 1.29 is 19.5 Å². The van der Waals surface area contributed by atoms with Gasteiger partial charge in [-0.15, -0.1) is 11.8 Å². The number of thioether (sulfide) groups is 1. The highest BCUT2D eigenvalue weighted by Gasteiger charge is 2.11. The summed E-state index contributed by atoms with van der Waals surface area (Å²) in [5.41, 5.74) is 0.739. The summed E-state index contributed by atoms with van der Waals surface area (Å²) in [6.45, 7) is 1.70. The normalized spacial score (nSPS) is 10.0. The molecule has 0 spiro atoms. The van der Waals surface area contributed by atoms with Crippen LogP contribution in [0.4, 0.5) is 5.69 Å². The van der Waals surface area contributed by atoms with E-state index in [0.29, 0.717) is 18.0 Å². The van der Waals surface area contributed by atoms with Crippen LogP contribution in [0.5, 0.6) is 0 Å². The number of carboxylic acid groups (broad SMARTS) is 1. The number of nitrogens with one attached hydrogen (secondary N) is 2. The molecule has 21 heavy (non-hydrogen) atoms. The van der Waals surface area contributed by atoms with E-state index in [1.54, 1.807) is 6.07 Å². The average Bonchev–Trinajstić information content (AvgIpc) is 2.39. The number of carbonyl (C=O) groups is 3. The van der Waals surface area contributed by atoms with Crippen molar-refractivity contribution in [3.05, 3.63) is 28.8 Å². The maximum Gasteiger partial charge on any atom is 0.313 e. The Morgan fingerprint density at radius 3 is 2.67 bits per heavy atom. The van der Waals surface area contributed by atoms with Gasteiger partial charge in [-0.3, -0.25) is 14.4 Å². The molecule has 3 N–H and O–H groups in total. The van der Waals surface area contributed by atoms with Gasteiger partial charge < -0.3 is 15.7 Å². The van der Waals surface area contributed by atoms with Crippen LogP contribution in [0.1, 0.15) is 17.3 Å². The molecular weight excluding hydrogens is 316 g/mol. The lowest BCUT2D eigenvalue weighted by Gasteiger charge is -2.09. The minimum atomic E-state index is -0.891. The second kappa shape index (κ2) is 8.53. The first-order valence-electron chi connectivity index (χ1n) is 6.05. The third kappa shape index (κ3) is 6.50. The Morgan fingerprint density at radius 1 is 1.33 bits per heavy atom. The Morgan fingerprint density at radius 2 is 2.05 bits per heavy atom. The molecule has 0 aliphatic heterocycles. The summed E-state index contributed by atoms with van der Waals surface area (Å²) >= 11 is 7.16. The van der Waals surface area contributed by atoms with Crippen LogP contribution in [0.2, 0.25) is 5.02 Å². The number of hydrogen-bond donors (Lipinski definition) is 3. The van der Waals surface area contributed by atoms with E-state index >= 15 is 0 Å². The van der Waals surface area contributed by atoms with Gasteiger partial charge in [0.15, 0.2) is 0 Å². The van der Waals surface area contributed by atoms with Crippen LogP contribution in [-0.2, 0) is 9.59 Å². The standard InChI is InChI=1S/C13H15ClN2O4S/c1-8(17)16-9-2-3-11(14)10(6-9)13(20)15-4-5-21-7-12(18)19/h2-3,6H,4-5,7H2,1H3,(H,15,20)(H,16,17)(H,18,19). The Labute approximate surface area is 131 Å². The highest BCUT2D eigenvalue weighted by molar-refractivity contribution is 7.99. The van der Waals surface area contributed by atoms with E-state index in [-0.39, 0.29) is 28.2 Å². The summed E-state index contributed by atoms with van der Waals surface area (Å²) in [4.78, 5) is 33.3. The molecule has 0 unspecified atom stereocenters. The summed E-state index contributed by atoms with van der Waals surface area (Å²) in [5, 5.41) is 14.0. The maximum absolute atomic E-state index is 12.0. The second-order valence-corrected chi connectivity index (χ2v) is 5.59. The molecule has 0 radical (unpaired) electrons. The smallest absolute Gasteiger partial charge is 0.313 e. The van der Waals surface area contributed by atoms with Crippen LogP contribution in [0.3, 0.4) is 0 Å². The fraction of sp³-hybridized carbons (Fsp3) is 0.308. The summed E-state index contributed by atoms with van der Waals surface area (Å²) in [7, 11) is 0. The Balaban J connectivity index is 2.56. The lowest BCUT2D eigenvalue weighted by molar-refractivity contribution is -0.133. The molecule has 0 atom stereocenters. The zero-order chi connectivity index (χ0) is 15.8. The van der Waals surface area contributed by atoms with Crippen LogP contribution >= 0.6 is 23.4 Å². The van der Waals surface area contributed by atoms with Gasteiger partial charge in [0, 0.05) is 24.9 Å². The van der Waals surface area contributed by atoms with E-state index < -0.39 is 5.97 Å². The largest absolute Gasteiger partial charge is 0.481 e. The highest BCUT2D eigenvalue weighted by Crippen LogP contribution is 2.20. The van der Waals surface area contributed by atoms with Crippen molar-refractivity contribution in [1.29, 1.82) is 0 Å². The number of carbonyl (C=O) groups excluding carboxylic acids is 2. The maximum atomic E-state index is 12.0. The van der Waals surface area contributed by atoms with Crippen molar-refractivity contribution in [3.63, 3.8) is 0 Å². The molecule has 0 saturated carbocycles. The molecule has 8 heteroatoms. The topological polar surface area (TPSA) is 95.5 Å². The fourth-order valence-electron chi connectivity index (χ4n) is 1.47. The molecule has 0 bridgehead atoms. The predicted octanol–water partition coefficient (Wildman–Crippen LogP) is 1.85. The van der Waals surface area contributed by atoms with Crippen molar-refractivity contribution in [1.82, 2.24) is 5.32 Å². The summed E-state index contributed by atoms with van der Waals surface area (Å²) in [5.74, 6) is -1.02. The third-order valence-electron chi connectivity index (χ3n) is 2.29. The van der Waals surface area contributed by atoms with Gasteiger partial charge in [0.1, 0.15) is 0 Å². The molecule has 1 rings (SSSR count). The molecule has 1 aromatic rings. The molecule has 6 nitrogen and oxygen atoms in total. The van der Waals surface area contributed by atoms with Gasteiger partial charge in [0.05, 0.1) is 16.3 Å². The molecule has 0 aromatic heterocycles. The van der Waals surface area contributed by atoms with Crippen LogP contribution < -0.4 is 10.6 Å². The van der Waals surface area contributed by atoms with E-state index in [2.05, 4.69) is 10.6 Å². The molecule has 0 heterocycles. The van der Waals surface area contributed by atoms with Gasteiger partial charge in [-0.1, -0.05) is 11.6 Å². The third-order valence-corrected chi connectivity index (χ3v) is 3.56. The monoisotopic (exact) mass is 330 g/mol. The first-order valence-corrected chi connectivity index (χ1v) is 7.58. The van der Waals surface area contributed by atoms with Crippen LogP contribution in [0.25, 0.3) is 0 Å². The number of anilines is 1. The lowest BCUT2D eigenvalue weighted by Crippen LogP contribution is -2.26. The highest BCUT2D eigenvalue weighted by atomic mass is 35.5. The lowest BCUT2D eigenvalue weighted by atomic mass is 10.2. The number of hydrogen-bond acceptors (Lipinski definition) is 4. The first-order chi connectivity index (χ1) is 9.90. The van der Waals surface area contributed by atoms with Gasteiger partial charge in [-0.05, 0) is 18.2 Å². The van der Waals surface area contributed by atoms with Gasteiger partial charge in [0.25, 0.3) is 5.91 Å². The summed E-state index contributed by atoms with van der Waals surface area (Å²) < 4.78 is 0. The van der Waals surface area contributed by atoms with Gasteiger partial charge in [0.2, 0.25) is 5.91 Å². The van der Waals surface area contributed by atoms with Crippen LogP contribution in [-0.4, -0.2) is 40.9 Å². The van der Waals surface area contributed by atoms with Crippen LogP contribution in [0.15, 0.2) is 18.2 Å². The summed E-state index contributed by atoms with van der Waals surface area (Å²) in [6, 6.07) is 4.62. The number of rotatable bonds is 7. The number of benzene rings is 1. The molecule has 1 aromatic carbocycles. The van der Waals surface area contributed by atoms with E-state index in [0.717, 1.165) is 0 Å². The second-order valence-electron chi connectivity index (χ2n) is 4.08. The minimum Gasteiger partial charge on any atom is -0.481 e. The van der Waals surface area contributed by atoms with E-state index in [4.69, 9.17) is 16.7 Å². The zero-order valence-electron chi connectivity index (χ0n) is 11.3. The fourth-order valence-corrected chi connectivity index (χ4v) is 2.24. The molecule has 0 fully saturated rings. The molecule has 0 saturated heterocycles. The Kier molecular flexibility index (Phi) is 7.04. The van der Waals surface area contributed by atoms with Crippen molar-refractivity contribution in [2.75, 3.05) is 23.4 Å². The average molecular weight is 331 g/mol. The number of halogens is 1. The van der Waals surface area contributed by atoms with E-state index in [1.165, 1.54) is 30.8 Å². The molecule has 114 valence electrons. The number of aliphatic carboxylic acids is 1. The molecular formula is C13H15ClN2O4S. The summed E-state index contributed by atoms with van der Waals surface area (Å²) in [6.07, 6.45) is 0. The van der Waals surface area contributed by atoms with Crippen molar-refractivity contribution in [3.8, 4) is 0 Å². The predicted molar refractivity (Wildman–Crippen MR) is 83.0 cm³/mol.